The molecule has 3 nitrogen and oxygen atoms in total. The van der Waals surface area contributed by atoms with Crippen LogP contribution in [-0.2, 0) is 9.53 Å². The van der Waals surface area contributed by atoms with Gasteiger partial charge < -0.3 is 4.74 Å². The highest BCUT2D eigenvalue weighted by Crippen LogP contribution is 2.34. The Morgan fingerprint density at radius 2 is 1.90 bits per heavy atom. The van der Waals surface area contributed by atoms with E-state index in [-0.39, 0.29) is 12.0 Å². The van der Waals surface area contributed by atoms with Gasteiger partial charge in [-0.15, -0.1) is 0 Å². The van der Waals surface area contributed by atoms with Crippen LogP contribution in [0.5, 0.6) is 0 Å². The van der Waals surface area contributed by atoms with Crippen LogP contribution < -0.4 is 5.32 Å². The van der Waals surface area contributed by atoms with Crippen molar-refractivity contribution in [2.45, 2.75) is 88.3 Å². The first-order valence-corrected chi connectivity index (χ1v) is 8.83. The molecule has 118 valence electrons. The van der Waals surface area contributed by atoms with Gasteiger partial charge in [-0.05, 0) is 40.0 Å². The average Bonchev–Trinajstić information content (AvgIpc) is 2.37. The van der Waals surface area contributed by atoms with Crippen molar-refractivity contribution in [1.29, 1.82) is 0 Å². The standard InChI is InChI=1S/C16H31NO2S/c1-12(2)17-16(4,15(18)19-5)11-13(3)20-14-9-7-6-8-10-14/h12-14,17H,6-11H2,1-5H3. The summed E-state index contributed by atoms with van der Waals surface area (Å²) in [7, 11) is 1.47. The van der Waals surface area contributed by atoms with Crippen molar-refractivity contribution in [3.63, 3.8) is 0 Å². The molecule has 0 spiro atoms. The summed E-state index contributed by atoms with van der Waals surface area (Å²) in [5.74, 6) is -0.151. The fraction of sp³-hybridized carbons (Fsp3) is 0.938. The predicted molar refractivity (Wildman–Crippen MR) is 87.2 cm³/mol. The molecule has 1 aliphatic rings. The number of rotatable bonds is 7. The van der Waals surface area contributed by atoms with Crippen molar-refractivity contribution in [2.75, 3.05) is 7.11 Å². The Kier molecular flexibility index (Phi) is 7.38. The molecule has 0 aliphatic heterocycles. The molecule has 0 aromatic heterocycles. The monoisotopic (exact) mass is 301 g/mol. The van der Waals surface area contributed by atoms with Crippen molar-refractivity contribution in [2.24, 2.45) is 0 Å². The van der Waals surface area contributed by atoms with E-state index in [2.05, 4.69) is 37.8 Å². The third-order valence-corrected chi connectivity index (χ3v) is 5.40. The molecule has 0 bridgehead atoms. The Balaban J connectivity index is 2.56. The van der Waals surface area contributed by atoms with Gasteiger partial charge in [0.1, 0.15) is 5.54 Å². The maximum Gasteiger partial charge on any atom is 0.325 e. The molecular weight excluding hydrogens is 270 g/mol. The number of hydrogen-bond acceptors (Lipinski definition) is 4. The van der Waals surface area contributed by atoms with Crippen LogP contribution in [0.3, 0.4) is 0 Å². The topological polar surface area (TPSA) is 38.3 Å². The molecule has 1 fully saturated rings. The SMILES string of the molecule is COC(=O)C(C)(CC(C)SC1CCCCC1)NC(C)C. The van der Waals surface area contributed by atoms with Gasteiger partial charge in [-0.3, -0.25) is 10.1 Å². The first kappa shape index (κ1) is 17.8. The van der Waals surface area contributed by atoms with E-state index in [4.69, 9.17) is 4.74 Å². The third-order valence-electron chi connectivity index (χ3n) is 3.92. The third kappa shape index (κ3) is 5.65. The fourth-order valence-corrected chi connectivity index (χ4v) is 4.91. The summed E-state index contributed by atoms with van der Waals surface area (Å²) in [5, 5.41) is 4.63. The molecule has 0 aromatic rings. The number of ether oxygens (including phenoxy) is 1. The van der Waals surface area contributed by atoms with E-state index in [0.717, 1.165) is 11.7 Å². The fourth-order valence-electron chi connectivity index (χ4n) is 3.22. The highest BCUT2D eigenvalue weighted by Gasteiger charge is 2.36. The minimum atomic E-state index is -0.579. The Morgan fingerprint density at radius 1 is 1.30 bits per heavy atom. The molecule has 1 saturated carbocycles. The number of thioether (sulfide) groups is 1. The van der Waals surface area contributed by atoms with Gasteiger partial charge in [0.05, 0.1) is 7.11 Å². The minimum Gasteiger partial charge on any atom is -0.468 e. The van der Waals surface area contributed by atoms with Crippen molar-refractivity contribution in [1.82, 2.24) is 5.32 Å². The van der Waals surface area contributed by atoms with Gasteiger partial charge in [-0.1, -0.05) is 26.2 Å². The second kappa shape index (κ2) is 8.28. The Labute approximate surface area is 128 Å². The van der Waals surface area contributed by atoms with Crippen LogP contribution in [0.4, 0.5) is 0 Å². The second-order valence-electron chi connectivity index (χ2n) is 6.53. The lowest BCUT2D eigenvalue weighted by Crippen LogP contribution is -2.54. The van der Waals surface area contributed by atoms with E-state index in [1.165, 1.54) is 39.2 Å². The summed E-state index contributed by atoms with van der Waals surface area (Å²) >= 11 is 2.05. The van der Waals surface area contributed by atoms with Gasteiger partial charge in [0, 0.05) is 16.5 Å². The maximum atomic E-state index is 12.1. The van der Waals surface area contributed by atoms with Crippen molar-refractivity contribution in [3.05, 3.63) is 0 Å². The molecule has 0 aromatic carbocycles. The van der Waals surface area contributed by atoms with Gasteiger partial charge in [0.2, 0.25) is 0 Å². The summed E-state index contributed by atoms with van der Waals surface area (Å²) in [6.45, 7) is 8.35. The number of hydrogen-bond donors (Lipinski definition) is 1. The van der Waals surface area contributed by atoms with Crippen molar-refractivity contribution < 1.29 is 9.53 Å². The number of nitrogens with one attached hydrogen (secondary N) is 1. The summed E-state index contributed by atoms with van der Waals surface area (Å²) in [5.41, 5.74) is -0.579. The van der Waals surface area contributed by atoms with Crippen LogP contribution in [0.15, 0.2) is 0 Å². The first-order chi connectivity index (χ1) is 9.37. The van der Waals surface area contributed by atoms with Gasteiger partial charge in [-0.2, -0.15) is 11.8 Å². The average molecular weight is 301 g/mol. The summed E-state index contributed by atoms with van der Waals surface area (Å²) in [6.07, 6.45) is 7.61. The second-order valence-corrected chi connectivity index (χ2v) is 8.28. The van der Waals surface area contributed by atoms with Crippen LogP contribution >= 0.6 is 11.8 Å². The Hall–Kier alpha value is -0.220. The number of carbonyl (C=O) groups is 1. The summed E-state index contributed by atoms with van der Waals surface area (Å²) in [6, 6.07) is 0.269. The highest BCUT2D eigenvalue weighted by atomic mass is 32.2. The van der Waals surface area contributed by atoms with Crippen molar-refractivity contribution >= 4 is 17.7 Å². The largest absolute Gasteiger partial charge is 0.468 e. The highest BCUT2D eigenvalue weighted by molar-refractivity contribution is 8.00. The molecule has 1 N–H and O–H groups in total. The summed E-state index contributed by atoms with van der Waals surface area (Å²) < 4.78 is 5.00. The smallest absolute Gasteiger partial charge is 0.325 e. The van der Waals surface area contributed by atoms with E-state index < -0.39 is 5.54 Å². The first-order valence-electron chi connectivity index (χ1n) is 7.89. The van der Waals surface area contributed by atoms with E-state index >= 15 is 0 Å². The van der Waals surface area contributed by atoms with Crippen LogP contribution in [0.2, 0.25) is 0 Å². The number of esters is 1. The quantitative estimate of drug-likeness (QED) is 0.727. The molecular formula is C16H31NO2S. The molecule has 0 radical (unpaired) electrons. The normalized spacial score (nSPS) is 21.5. The Morgan fingerprint density at radius 3 is 2.40 bits per heavy atom. The molecule has 4 heteroatoms. The molecule has 1 aliphatic carbocycles. The lowest BCUT2D eigenvalue weighted by molar-refractivity contribution is -0.148. The van der Waals surface area contributed by atoms with Crippen LogP contribution in [0, 0.1) is 0 Å². The van der Waals surface area contributed by atoms with Gasteiger partial charge in [0.25, 0.3) is 0 Å². The van der Waals surface area contributed by atoms with E-state index in [1.54, 1.807) is 0 Å². The van der Waals surface area contributed by atoms with E-state index in [0.29, 0.717) is 5.25 Å². The zero-order chi connectivity index (χ0) is 15.2. The van der Waals surface area contributed by atoms with Crippen LogP contribution in [0.25, 0.3) is 0 Å². The molecule has 2 unspecified atom stereocenters. The maximum absolute atomic E-state index is 12.1. The van der Waals surface area contributed by atoms with E-state index in [1.807, 2.05) is 6.92 Å². The Bertz CT molecular complexity index is 303. The molecule has 2 atom stereocenters. The van der Waals surface area contributed by atoms with Crippen molar-refractivity contribution in [3.8, 4) is 0 Å². The minimum absolute atomic E-state index is 0.151. The predicted octanol–water partition coefficient (Wildman–Crippen LogP) is 3.76. The van der Waals surface area contributed by atoms with E-state index in [9.17, 15) is 4.79 Å². The zero-order valence-corrected chi connectivity index (χ0v) is 14.5. The van der Waals surface area contributed by atoms with Gasteiger partial charge >= 0.3 is 5.97 Å². The number of carbonyl (C=O) groups excluding carboxylic acids is 1. The van der Waals surface area contributed by atoms with Gasteiger partial charge in [0.15, 0.2) is 0 Å². The lowest BCUT2D eigenvalue weighted by atomic mass is 9.95. The molecule has 0 heterocycles. The van der Waals surface area contributed by atoms with Crippen LogP contribution in [0.1, 0.15) is 66.2 Å². The molecule has 1 rings (SSSR count). The zero-order valence-electron chi connectivity index (χ0n) is 13.7. The van der Waals surface area contributed by atoms with Crippen LogP contribution in [-0.4, -0.2) is 35.2 Å². The molecule has 0 amide bonds. The lowest BCUT2D eigenvalue weighted by Gasteiger charge is -2.34. The number of methoxy groups -OCH3 is 1. The summed E-state index contributed by atoms with van der Waals surface area (Å²) in [4.78, 5) is 12.1. The van der Waals surface area contributed by atoms with Gasteiger partial charge in [-0.25, -0.2) is 0 Å². The molecule has 20 heavy (non-hydrogen) atoms. The molecule has 0 saturated heterocycles.